The molecule has 2 aliphatic carbocycles. The maximum absolute atomic E-state index is 12.1. The van der Waals surface area contributed by atoms with Crippen LogP contribution in [0.25, 0.3) is 0 Å². The Labute approximate surface area is 123 Å². The summed E-state index contributed by atoms with van der Waals surface area (Å²) < 4.78 is 10.5. The zero-order valence-corrected chi connectivity index (χ0v) is 12.2. The van der Waals surface area contributed by atoms with Gasteiger partial charge in [0, 0.05) is 26.2 Å². The summed E-state index contributed by atoms with van der Waals surface area (Å²) in [5.41, 5.74) is -0.672. The van der Waals surface area contributed by atoms with Crippen LogP contribution < -0.4 is 10.2 Å². The van der Waals surface area contributed by atoms with Crippen LogP contribution >= 0.6 is 0 Å². The van der Waals surface area contributed by atoms with Crippen LogP contribution in [0, 0.1) is 5.41 Å². The predicted molar refractivity (Wildman–Crippen MR) is 74.0 cm³/mol. The lowest BCUT2D eigenvalue weighted by Crippen LogP contribution is -2.44. The van der Waals surface area contributed by atoms with E-state index in [1.807, 2.05) is 0 Å². The minimum absolute atomic E-state index is 0.123. The monoisotopic (exact) mass is 292 g/mol. The van der Waals surface area contributed by atoms with Crippen LogP contribution in [0.5, 0.6) is 0 Å². The van der Waals surface area contributed by atoms with Gasteiger partial charge in [0.05, 0.1) is 17.9 Å². The molecule has 1 aliphatic heterocycles. The second-order valence-electron chi connectivity index (χ2n) is 6.32. The van der Waals surface area contributed by atoms with Gasteiger partial charge in [0.15, 0.2) is 0 Å². The van der Waals surface area contributed by atoms with Crippen LogP contribution in [0.4, 0.5) is 5.95 Å². The normalized spacial score (nSPS) is 34.6. The molecule has 1 aromatic heterocycles. The first kappa shape index (κ1) is 13.1. The number of anilines is 1. The van der Waals surface area contributed by atoms with Gasteiger partial charge in [-0.25, -0.2) is 0 Å². The Balaban J connectivity index is 1.60. The highest BCUT2D eigenvalue weighted by atomic mass is 16.5. The van der Waals surface area contributed by atoms with E-state index in [-0.39, 0.29) is 11.4 Å². The van der Waals surface area contributed by atoms with Crippen molar-refractivity contribution >= 4 is 11.9 Å². The summed E-state index contributed by atoms with van der Waals surface area (Å²) in [5, 5.41) is 7.43. The largest absolute Gasteiger partial charge is 0.469 e. The van der Waals surface area contributed by atoms with Crippen molar-refractivity contribution in [1.29, 1.82) is 0 Å². The Kier molecular flexibility index (Phi) is 2.76. The van der Waals surface area contributed by atoms with E-state index in [9.17, 15) is 4.79 Å². The maximum atomic E-state index is 12.1. The molecule has 0 radical (unpaired) electrons. The predicted octanol–water partition coefficient (Wildman–Crippen LogP) is 0.464. The van der Waals surface area contributed by atoms with Gasteiger partial charge in [0.2, 0.25) is 5.89 Å². The highest BCUT2D eigenvalue weighted by Gasteiger charge is 2.78. The van der Waals surface area contributed by atoms with Crippen molar-refractivity contribution in [1.82, 2.24) is 15.5 Å². The van der Waals surface area contributed by atoms with Gasteiger partial charge in [0.1, 0.15) is 0 Å². The van der Waals surface area contributed by atoms with Gasteiger partial charge < -0.3 is 19.5 Å². The van der Waals surface area contributed by atoms with Crippen molar-refractivity contribution in [2.45, 2.75) is 31.1 Å². The van der Waals surface area contributed by atoms with Crippen molar-refractivity contribution in [3.8, 4) is 0 Å². The van der Waals surface area contributed by atoms with Crippen LogP contribution in [-0.2, 0) is 14.9 Å². The summed E-state index contributed by atoms with van der Waals surface area (Å²) in [6.45, 7) is 3.63. The molecule has 2 heterocycles. The van der Waals surface area contributed by atoms with Crippen molar-refractivity contribution in [3.63, 3.8) is 0 Å². The molecule has 0 aromatic carbocycles. The molecule has 1 aromatic rings. The number of fused-ring (bicyclic) bond motifs is 1. The average Bonchev–Trinajstić information content (AvgIpc) is 2.90. The smallest absolute Gasteiger partial charge is 0.312 e. The van der Waals surface area contributed by atoms with E-state index in [0.717, 1.165) is 51.9 Å². The van der Waals surface area contributed by atoms with Crippen molar-refractivity contribution in [2.24, 2.45) is 5.41 Å². The van der Waals surface area contributed by atoms with Gasteiger partial charge in [-0.1, -0.05) is 6.42 Å². The highest BCUT2D eigenvalue weighted by molar-refractivity contribution is 5.84. The first-order valence-electron chi connectivity index (χ1n) is 7.60. The van der Waals surface area contributed by atoms with Crippen LogP contribution in [0.3, 0.4) is 0 Å². The molecule has 2 saturated carbocycles. The number of carbonyl (C=O) groups is 1. The Bertz CT molecular complexity index is 568. The maximum Gasteiger partial charge on any atom is 0.312 e. The summed E-state index contributed by atoms with van der Waals surface area (Å²) in [6, 6.07) is 0. The number of carbonyl (C=O) groups excluding carboxylic acids is 1. The molecule has 3 fully saturated rings. The van der Waals surface area contributed by atoms with Crippen molar-refractivity contribution < 1.29 is 14.1 Å². The van der Waals surface area contributed by atoms with E-state index in [1.54, 1.807) is 0 Å². The Morgan fingerprint density at radius 1 is 1.38 bits per heavy atom. The standard InChI is InChI=1S/C14H20N4O3/c1-20-11(19)14-4-2-3-13(14,9-14)10-16-12(17-21-10)18-7-5-15-6-8-18/h15H,2-9H2,1H3. The van der Waals surface area contributed by atoms with Gasteiger partial charge in [-0.15, -0.1) is 0 Å². The molecule has 2 unspecified atom stereocenters. The van der Waals surface area contributed by atoms with Crippen LogP contribution in [0.2, 0.25) is 0 Å². The molecule has 1 saturated heterocycles. The number of hydrogen-bond acceptors (Lipinski definition) is 7. The molecule has 0 spiro atoms. The number of methoxy groups -OCH3 is 1. The molecular formula is C14H20N4O3. The third kappa shape index (κ3) is 1.67. The van der Waals surface area contributed by atoms with E-state index in [4.69, 9.17) is 9.26 Å². The Morgan fingerprint density at radius 3 is 2.95 bits per heavy atom. The van der Waals surface area contributed by atoms with E-state index in [1.165, 1.54) is 7.11 Å². The van der Waals surface area contributed by atoms with E-state index in [2.05, 4.69) is 20.4 Å². The summed E-state index contributed by atoms with van der Waals surface area (Å²) in [6.07, 6.45) is 3.60. The minimum atomic E-state index is -0.408. The van der Waals surface area contributed by atoms with Gasteiger partial charge >= 0.3 is 5.97 Å². The highest BCUT2D eigenvalue weighted by Crippen LogP contribution is 2.74. The Hall–Kier alpha value is -1.63. The molecule has 0 bridgehead atoms. The Morgan fingerprint density at radius 2 is 2.19 bits per heavy atom. The molecule has 4 rings (SSSR count). The lowest BCUT2D eigenvalue weighted by atomic mass is 9.96. The number of nitrogens with zero attached hydrogens (tertiary/aromatic N) is 3. The number of esters is 1. The molecule has 114 valence electrons. The number of rotatable bonds is 3. The quantitative estimate of drug-likeness (QED) is 0.811. The lowest BCUT2D eigenvalue weighted by Gasteiger charge is -2.25. The molecule has 2 atom stereocenters. The molecular weight excluding hydrogens is 272 g/mol. The first-order chi connectivity index (χ1) is 10.2. The fourth-order valence-electron chi connectivity index (χ4n) is 4.17. The fraction of sp³-hybridized carbons (Fsp3) is 0.786. The summed E-state index contributed by atoms with van der Waals surface area (Å²) in [7, 11) is 1.46. The molecule has 0 amide bonds. The van der Waals surface area contributed by atoms with E-state index >= 15 is 0 Å². The van der Waals surface area contributed by atoms with Gasteiger partial charge in [-0.3, -0.25) is 4.79 Å². The SMILES string of the molecule is COC(=O)C12CCCC1(c1nc(N3CCNCC3)no1)C2. The number of hydrogen-bond donors (Lipinski definition) is 1. The number of piperazine rings is 1. The third-order valence-electron chi connectivity index (χ3n) is 5.40. The summed E-state index contributed by atoms with van der Waals surface area (Å²) >= 11 is 0. The summed E-state index contributed by atoms with van der Waals surface area (Å²) in [4.78, 5) is 18.9. The van der Waals surface area contributed by atoms with E-state index < -0.39 is 5.41 Å². The average molecular weight is 292 g/mol. The lowest BCUT2D eigenvalue weighted by molar-refractivity contribution is -0.147. The zero-order chi connectivity index (χ0) is 14.5. The van der Waals surface area contributed by atoms with Gasteiger partial charge in [-0.05, 0) is 24.4 Å². The number of ether oxygens (including phenoxy) is 1. The van der Waals surface area contributed by atoms with Crippen molar-refractivity contribution in [2.75, 3.05) is 38.2 Å². The number of aromatic nitrogens is 2. The second kappa shape index (κ2) is 4.43. The van der Waals surface area contributed by atoms with Crippen LogP contribution in [0.1, 0.15) is 31.6 Å². The van der Waals surface area contributed by atoms with Gasteiger partial charge in [0.25, 0.3) is 5.95 Å². The molecule has 21 heavy (non-hydrogen) atoms. The fourth-order valence-corrected chi connectivity index (χ4v) is 4.17. The molecule has 1 N–H and O–H groups in total. The topological polar surface area (TPSA) is 80.5 Å². The minimum Gasteiger partial charge on any atom is -0.469 e. The summed E-state index contributed by atoms with van der Waals surface area (Å²) in [5.74, 6) is 1.15. The van der Waals surface area contributed by atoms with Crippen LogP contribution in [0.15, 0.2) is 4.52 Å². The molecule has 7 heteroatoms. The van der Waals surface area contributed by atoms with Crippen LogP contribution in [-0.4, -0.2) is 49.4 Å². The van der Waals surface area contributed by atoms with Crippen molar-refractivity contribution in [3.05, 3.63) is 5.89 Å². The van der Waals surface area contributed by atoms with E-state index in [0.29, 0.717) is 11.8 Å². The molecule has 7 nitrogen and oxygen atoms in total. The van der Waals surface area contributed by atoms with Gasteiger partial charge in [-0.2, -0.15) is 4.98 Å². The first-order valence-corrected chi connectivity index (χ1v) is 7.60. The number of nitrogens with one attached hydrogen (secondary N) is 1. The zero-order valence-electron chi connectivity index (χ0n) is 12.2. The molecule has 3 aliphatic rings. The second-order valence-corrected chi connectivity index (χ2v) is 6.32. The third-order valence-corrected chi connectivity index (χ3v) is 5.40.